The number of anilines is 1. The molecule has 0 unspecified atom stereocenters. The van der Waals surface area contributed by atoms with Gasteiger partial charge in [-0.2, -0.15) is 0 Å². The predicted octanol–water partition coefficient (Wildman–Crippen LogP) is 0.406. The number of hydrogen-bond acceptors (Lipinski definition) is 3. The molecule has 4 heteroatoms. The van der Waals surface area contributed by atoms with Crippen molar-refractivity contribution in [3.63, 3.8) is 0 Å². The first-order chi connectivity index (χ1) is 7.99. The summed E-state index contributed by atoms with van der Waals surface area (Å²) in [5.41, 5.74) is 2.90. The van der Waals surface area contributed by atoms with Crippen molar-refractivity contribution < 1.29 is 14.7 Å². The zero-order valence-electron chi connectivity index (χ0n) is 9.90. The number of carbonyl (C=O) groups is 2. The van der Waals surface area contributed by atoms with Crippen LogP contribution in [-0.4, -0.2) is 18.4 Å². The maximum absolute atomic E-state index is 11.8. The monoisotopic (exact) mass is 232 g/mol. The topological polar surface area (TPSA) is 60.4 Å². The Morgan fingerprint density at radius 1 is 1.41 bits per heavy atom. The maximum Gasteiger partial charge on any atom is 0.227 e. The Balaban J connectivity index is 2.29. The first kappa shape index (κ1) is 11.6. The number of carboxylic acid groups (broad SMARTS) is 1. The number of amides is 1. The summed E-state index contributed by atoms with van der Waals surface area (Å²) in [5.74, 6) is -1.99. The van der Waals surface area contributed by atoms with E-state index in [0.717, 1.165) is 16.8 Å². The SMILES string of the molecule is Cc1ccc(N2C[C@@H](C(=O)[O-])CC2=O)c(C)c1. The molecule has 90 valence electrons. The van der Waals surface area contributed by atoms with Crippen LogP contribution in [0.2, 0.25) is 0 Å². The van der Waals surface area contributed by atoms with E-state index in [-0.39, 0.29) is 18.9 Å². The quantitative estimate of drug-likeness (QED) is 0.741. The Morgan fingerprint density at radius 2 is 2.12 bits per heavy atom. The van der Waals surface area contributed by atoms with Crippen LogP contribution in [0.5, 0.6) is 0 Å². The zero-order chi connectivity index (χ0) is 12.6. The van der Waals surface area contributed by atoms with Crippen LogP contribution in [0, 0.1) is 19.8 Å². The Kier molecular flexibility index (Phi) is 2.88. The molecule has 1 heterocycles. The van der Waals surface area contributed by atoms with Gasteiger partial charge in [0, 0.05) is 30.5 Å². The zero-order valence-corrected chi connectivity index (χ0v) is 9.90. The van der Waals surface area contributed by atoms with E-state index in [0.29, 0.717) is 0 Å². The molecule has 0 aliphatic carbocycles. The number of nitrogens with zero attached hydrogens (tertiary/aromatic N) is 1. The van der Waals surface area contributed by atoms with E-state index < -0.39 is 11.9 Å². The summed E-state index contributed by atoms with van der Waals surface area (Å²) in [6, 6.07) is 5.76. The smallest absolute Gasteiger partial charge is 0.227 e. The molecule has 1 atom stereocenters. The van der Waals surface area contributed by atoms with Gasteiger partial charge in [-0.05, 0) is 25.5 Å². The Bertz CT molecular complexity index is 482. The van der Waals surface area contributed by atoms with Crippen molar-refractivity contribution in [1.29, 1.82) is 0 Å². The Hall–Kier alpha value is -1.84. The van der Waals surface area contributed by atoms with Crippen molar-refractivity contribution in [2.24, 2.45) is 5.92 Å². The van der Waals surface area contributed by atoms with Crippen LogP contribution in [0.3, 0.4) is 0 Å². The molecular weight excluding hydrogens is 218 g/mol. The number of benzene rings is 1. The Labute approximate surface area is 99.9 Å². The molecule has 4 nitrogen and oxygen atoms in total. The van der Waals surface area contributed by atoms with E-state index >= 15 is 0 Å². The number of aliphatic carboxylic acids is 1. The van der Waals surface area contributed by atoms with Gasteiger partial charge in [-0.3, -0.25) is 4.79 Å². The molecule has 17 heavy (non-hydrogen) atoms. The van der Waals surface area contributed by atoms with E-state index in [9.17, 15) is 14.7 Å². The van der Waals surface area contributed by atoms with Crippen molar-refractivity contribution in [3.05, 3.63) is 29.3 Å². The summed E-state index contributed by atoms with van der Waals surface area (Å²) in [6.07, 6.45) is 0.0374. The third kappa shape index (κ3) is 2.16. The summed E-state index contributed by atoms with van der Waals surface area (Å²) < 4.78 is 0. The fourth-order valence-electron chi connectivity index (χ4n) is 2.21. The predicted molar refractivity (Wildman–Crippen MR) is 61.4 cm³/mol. The molecule has 0 bridgehead atoms. The van der Waals surface area contributed by atoms with Gasteiger partial charge in [0.25, 0.3) is 0 Å². The van der Waals surface area contributed by atoms with E-state index in [2.05, 4.69) is 0 Å². The van der Waals surface area contributed by atoms with Crippen LogP contribution >= 0.6 is 0 Å². The van der Waals surface area contributed by atoms with Crippen molar-refractivity contribution in [1.82, 2.24) is 0 Å². The number of carboxylic acids is 1. The second-order valence-corrected chi connectivity index (χ2v) is 4.51. The van der Waals surface area contributed by atoms with Gasteiger partial charge in [-0.15, -0.1) is 0 Å². The molecule has 0 aromatic heterocycles. The van der Waals surface area contributed by atoms with Crippen molar-refractivity contribution in [3.8, 4) is 0 Å². The highest BCUT2D eigenvalue weighted by atomic mass is 16.4. The molecule has 1 aromatic carbocycles. The molecule has 1 aromatic rings. The molecule has 1 saturated heterocycles. The fraction of sp³-hybridized carbons (Fsp3) is 0.385. The fourth-order valence-corrected chi connectivity index (χ4v) is 2.21. The first-order valence-electron chi connectivity index (χ1n) is 5.57. The molecule has 1 amide bonds. The summed E-state index contributed by atoms with van der Waals surface area (Å²) in [5, 5.41) is 10.8. The lowest BCUT2D eigenvalue weighted by Crippen LogP contribution is -2.33. The molecule has 0 spiro atoms. The highest BCUT2D eigenvalue weighted by Crippen LogP contribution is 2.28. The largest absolute Gasteiger partial charge is 0.550 e. The molecule has 0 radical (unpaired) electrons. The first-order valence-corrected chi connectivity index (χ1v) is 5.57. The molecular formula is C13H14NO3-. The number of hydrogen-bond donors (Lipinski definition) is 0. The van der Waals surface area contributed by atoms with Crippen LogP contribution in [0.4, 0.5) is 5.69 Å². The van der Waals surface area contributed by atoms with Crippen LogP contribution in [0.15, 0.2) is 18.2 Å². The van der Waals surface area contributed by atoms with Crippen LogP contribution in [0.25, 0.3) is 0 Å². The highest BCUT2D eigenvalue weighted by molar-refractivity contribution is 5.99. The van der Waals surface area contributed by atoms with Gasteiger partial charge in [0.2, 0.25) is 5.91 Å². The number of rotatable bonds is 2. The third-order valence-electron chi connectivity index (χ3n) is 3.10. The average molecular weight is 232 g/mol. The van der Waals surface area contributed by atoms with Gasteiger partial charge in [0.05, 0.1) is 0 Å². The van der Waals surface area contributed by atoms with E-state index in [1.807, 2.05) is 32.0 Å². The second-order valence-electron chi connectivity index (χ2n) is 4.51. The Morgan fingerprint density at radius 3 is 2.65 bits per heavy atom. The van der Waals surface area contributed by atoms with Gasteiger partial charge in [0.15, 0.2) is 0 Å². The summed E-state index contributed by atoms with van der Waals surface area (Å²) in [7, 11) is 0. The van der Waals surface area contributed by atoms with E-state index in [1.54, 1.807) is 0 Å². The van der Waals surface area contributed by atoms with Crippen LogP contribution < -0.4 is 10.0 Å². The minimum atomic E-state index is -1.15. The van der Waals surface area contributed by atoms with Crippen molar-refractivity contribution in [2.45, 2.75) is 20.3 Å². The standard InChI is InChI=1S/C13H15NO3/c1-8-3-4-11(9(2)5-8)14-7-10(13(16)17)6-12(14)15/h3-5,10H,6-7H2,1-2H3,(H,16,17)/p-1/t10-/m0/s1. The summed E-state index contributed by atoms with van der Waals surface area (Å²) in [6.45, 7) is 4.11. The van der Waals surface area contributed by atoms with Crippen LogP contribution in [0.1, 0.15) is 17.5 Å². The summed E-state index contributed by atoms with van der Waals surface area (Å²) in [4.78, 5) is 24.1. The molecule has 1 aliphatic rings. The second kappa shape index (κ2) is 4.20. The summed E-state index contributed by atoms with van der Waals surface area (Å²) >= 11 is 0. The average Bonchev–Trinajstić information content (AvgIpc) is 2.61. The van der Waals surface area contributed by atoms with Gasteiger partial charge >= 0.3 is 0 Å². The lowest BCUT2D eigenvalue weighted by atomic mass is 10.1. The van der Waals surface area contributed by atoms with Crippen LogP contribution in [-0.2, 0) is 9.59 Å². The van der Waals surface area contributed by atoms with E-state index in [1.165, 1.54) is 4.90 Å². The highest BCUT2D eigenvalue weighted by Gasteiger charge is 2.31. The number of carbonyl (C=O) groups excluding carboxylic acids is 2. The molecule has 1 aliphatic heterocycles. The minimum Gasteiger partial charge on any atom is -0.550 e. The number of aryl methyl sites for hydroxylation is 2. The van der Waals surface area contributed by atoms with Crippen molar-refractivity contribution >= 4 is 17.6 Å². The van der Waals surface area contributed by atoms with Crippen molar-refractivity contribution in [2.75, 3.05) is 11.4 Å². The minimum absolute atomic E-state index is 0.0374. The molecule has 0 N–H and O–H groups in total. The molecule has 0 saturated carbocycles. The van der Waals surface area contributed by atoms with Gasteiger partial charge in [0.1, 0.15) is 0 Å². The maximum atomic E-state index is 11.8. The van der Waals surface area contributed by atoms with E-state index in [4.69, 9.17) is 0 Å². The van der Waals surface area contributed by atoms with Gasteiger partial charge in [-0.25, -0.2) is 0 Å². The molecule has 1 fully saturated rings. The van der Waals surface area contributed by atoms with Gasteiger partial charge < -0.3 is 14.8 Å². The lowest BCUT2D eigenvalue weighted by Gasteiger charge is -2.19. The third-order valence-corrected chi connectivity index (χ3v) is 3.10. The lowest BCUT2D eigenvalue weighted by molar-refractivity contribution is -0.310. The van der Waals surface area contributed by atoms with Gasteiger partial charge in [-0.1, -0.05) is 17.7 Å². The molecule has 2 rings (SSSR count). The normalized spacial score (nSPS) is 19.8.